The number of nitrogens with zero attached hydrogens (tertiary/aromatic N) is 3. The fourth-order valence-corrected chi connectivity index (χ4v) is 4.18. The zero-order valence-electron chi connectivity index (χ0n) is 15.5. The van der Waals surface area contributed by atoms with Gasteiger partial charge in [0.2, 0.25) is 11.8 Å². The van der Waals surface area contributed by atoms with Gasteiger partial charge in [-0.25, -0.2) is 0 Å². The van der Waals surface area contributed by atoms with Crippen molar-refractivity contribution in [2.75, 3.05) is 4.90 Å². The molecule has 2 aromatic carbocycles. The molecule has 0 fully saturated rings. The first-order valence-electron chi connectivity index (χ1n) is 9.01. The van der Waals surface area contributed by atoms with Gasteiger partial charge in [-0.15, -0.1) is 10.2 Å². The van der Waals surface area contributed by atoms with E-state index in [0.29, 0.717) is 11.1 Å². The van der Waals surface area contributed by atoms with Crippen LogP contribution in [0.3, 0.4) is 0 Å². The average molecular weight is 379 g/mol. The zero-order chi connectivity index (χ0) is 19.0. The molecule has 1 aliphatic rings. The number of rotatable bonds is 4. The lowest BCUT2D eigenvalue weighted by molar-refractivity contribution is -0.118. The molecule has 138 valence electrons. The SMILES string of the molecule is Cc1cccc(-c2nnc(S[C@H](C)C(=O)N3c4ccccc4C[C@H]3C)o2)c1. The van der Waals surface area contributed by atoms with E-state index in [9.17, 15) is 4.79 Å². The fourth-order valence-electron chi connectivity index (χ4n) is 3.45. The maximum absolute atomic E-state index is 13.1. The van der Waals surface area contributed by atoms with Crippen LogP contribution in [0.5, 0.6) is 0 Å². The molecule has 1 amide bonds. The van der Waals surface area contributed by atoms with Crippen molar-refractivity contribution >= 4 is 23.4 Å². The zero-order valence-corrected chi connectivity index (χ0v) is 16.4. The monoisotopic (exact) mass is 379 g/mol. The molecule has 1 aliphatic heterocycles. The summed E-state index contributed by atoms with van der Waals surface area (Å²) in [6.45, 7) is 5.99. The minimum Gasteiger partial charge on any atom is -0.411 e. The first kappa shape index (κ1) is 17.8. The van der Waals surface area contributed by atoms with Gasteiger partial charge in [0.15, 0.2) is 0 Å². The summed E-state index contributed by atoms with van der Waals surface area (Å²) >= 11 is 1.30. The van der Waals surface area contributed by atoms with E-state index < -0.39 is 0 Å². The van der Waals surface area contributed by atoms with Gasteiger partial charge in [0.05, 0.1) is 5.25 Å². The standard InChI is InChI=1S/C21H21N3O2S/c1-13-7-6-9-17(11-13)19-22-23-21(26-19)27-15(3)20(25)24-14(2)12-16-8-4-5-10-18(16)24/h4-11,14-15H,12H2,1-3H3/t14-,15-/m1/s1. The first-order chi connectivity index (χ1) is 13.0. The highest BCUT2D eigenvalue weighted by Crippen LogP contribution is 2.35. The summed E-state index contributed by atoms with van der Waals surface area (Å²) in [5.74, 6) is 0.536. The second-order valence-corrected chi connectivity index (χ2v) is 8.18. The Morgan fingerprint density at radius 3 is 2.85 bits per heavy atom. The first-order valence-corrected chi connectivity index (χ1v) is 9.89. The van der Waals surface area contributed by atoms with Crippen molar-refractivity contribution < 1.29 is 9.21 Å². The van der Waals surface area contributed by atoms with E-state index in [1.54, 1.807) is 0 Å². The van der Waals surface area contributed by atoms with Crippen LogP contribution in [0.1, 0.15) is 25.0 Å². The van der Waals surface area contributed by atoms with Gasteiger partial charge in [-0.3, -0.25) is 4.79 Å². The molecule has 1 aromatic heterocycles. The smallest absolute Gasteiger partial charge is 0.277 e. The van der Waals surface area contributed by atoms with Gasteiger partial charge >= 0.3 is 0 Å². The number of hydrogen-bond donors (Lipinski definition) is 0. The molecule has 4 rings (SSSR count). The number of hydrogen-bond acceptors (Lipinski definition) is 5. The van der Waals surface area contributed by atoms with Crippen LogP contribution in [-0.2, 0) is 11.2 Å². The number of anilines is 1. The Bertz CT molecular complexity index is 985. The Labute approximate surface area is 162 Å². The van der Waals surface area contributed by atoms with Gasteiger partial charge in [-0.2, -0.15) is 0 Å². The van der Waals surface area contributed by atoms with Crippen molar-refractivity contribution in [1.82, 2.24) is 10.2 Å². The quantitative estimate of drug-likeness (QED) is 0.625. The maximum atomic E-state index is 13.1. The molecule has 3 aromatic rings. The van der Waals surface area contributed by atoms with Gasteiger partial charge in [-0.05, 0) is 51.0 Å². The molecule has 6 heteroatoms. The third-order valence-corrected chi connectivity index (χ3v) is 5.66. The molecule has 0 spiro atoms. The minimum atomic E-state index is -0.315. The van der Waals surface area contributed by atoms with E-state index in [4.69, 9.17) is 4.42 Å². The summed E-state index contributed by atoms with van der Waals surface area (Å²) in [4.78, 5) is 15.0. The molecule has 0 aliphatic carbocycles. The van der Waals surface area contributed by atoms with E-state index in [1.165, 1.54) is 17.3 Å². The van der Waals surface area contributed by atoms with Crippen LogP contribution in [0.4, 0.5) is 5.69 Å². The van der Waals surface area contributed by atoms with Gasteiger partial charge < -0.3 is 9.32 Å². The predicted molar refractivity (Wildman–Crippen MR) is 107 cm³/mol. The lowest BCUT2D eigenvalue weighted by Crippen LogP contribution is -2.40. The Balaban J connectivity index is 1.50. The van der Waals surface area contributed by atoms with Gasteiger partial charge in [-0.1, -0.05) is 47.7 Å². The molecule has 2 heterocycles. The van der Waals surface area contributed by atoms with Crippen LogP contribution >= 0.6 is 11.8 Å². The number of para-hydroxylation sites is 1. The number of aryl methyl sites for hydroxylation is 1. The molecule has 5 nitrogen and oxygen atoms in total. The molecule has 0 saturated heterocycles. The van der Waals surface area contributed by atoms with Crippen molar-refractivity contribution in [3.05, 3.63) is 59.7 Å². The summed E-state index contributed by atoms with van der Waals surface area (Å²) < 4.78 is 5.77. The highest BCUT2D eigenvalue weighted by molar-refractivity contribution is 8.00. The van der Waals surface area contributed by atoms with E-state index in [1.807, 2.05) is 61.2 Å². The van der Waals surface area contributed by atoms with Crippen LogP contribution in [0.2, 0.25) is 0 Å². The Morgan fingerprint density at radius 1 is 1.22 bits per heavy atom. The number of amides is 1. The van der Waals surface area contributed by atoms with Gasteiger partial charge in [0.1, 0.15) is 0 Å². The number of aromatic nitrogens is 2. The van der Waals surface area contributed by atoms with Crippen LogP contribution < -0.4 is 4.90 Å². The molecule has 0 bridgehead atoms. The van der Waals surface area contributed by atoms with E-state index in [2.05, 4.69) is 23.2 Å². The largest absolute Gasteiger partial charge is 0.411 e. The number of carbonyl (C=O) groups is 1. The Hall–Kier alpha value is -2.60. The van der Waals surface area contributed by atoms with E-state index >= 15 is 0 Å². The van der Waals surface area contributed by atoms with Crippen LogP contribution in [0.25, 0.3) is 11.5 Å². The number of benzene rings is 2. The molecule has 2 atom stereocenters. The van der Waals surface area contributed by atoms with Crippen molar-refractivity contribution in [3.8, 4) is 11.5 Å². The summed E-state index contributed by atoms with van der Waals surface area (Å²) in [6.07, 6.45) is 0.886. The molecule has 0 saturated carbocycles. The van der Waals surface area contributed by atoms with Crippen molar-refractivity contribution in [2.45, 2.75) is 43.7 Å². The molecule has 0 unspecified atom stereocenters. The fraction of sp³-hybridized carbons (Fsp3) is 0.286. The van der Waals surface area contributed by atoms with Gasteiger partial charge in [0, 0.05) is 17.3 Å². The summed E-state index contributed by atoms with van der Waals surface area (Å²) in [7, 11) is 0. The number of carbonyl (C=O) groups excluding carboxylic acids is 1. The lowest BCUT2D eigenvalue weighted by atomic mass is 10.1. The Kier molecular flexibility index (Phi) is 4.74. The second kappa shape index (κ2) is 7.19. The van der Waals surface area contributed by atoms with Gasteiger partial charge in [0.25, 0.3) is 5.22 Å². The van der Waals surface area contributed by atoms with Crippen LogP contribution in [0, 0.1) is 6.92 Å². The summed E-state index contributed by atoms with van der Waals surface area (Å²) in [5, 5.41) is 8.33. The van der Waals surface area contributed by atoms with Crippen molar-refractivity contribution in [1.29, 1.82) is 0 Å². The highest BCUT2D eigenvalue weighted by atomic mass is 32.2. The third kappa shape index (κ3) is 3.49. The third-order valence-electron chi connectivity index (χ3n) is 4.74. The summed E-state index contributed by atoms with van der Waals surface area (Å²) in [6, 6.07) is 16.2. The molecule has 0 N–H and O–H groups in total. The summed E-state index contributed by atoms with van der Waals surface area (Å²) in [5.41, 5.74) is 4.24. The topological polar surface area (TPSA) is 59.2 Å². The van der Waals surface area contributed by atoms with Crippen molar-refractivity contribution in [3.63, 3.8) is 0 Å². The highest BCUT2D eigenvalue weighted by Gasteiger charge is 2.34. The lowest BCUT2D eigenvalue weighted by Gasteiger charge is -2.25. The Morgan fingerprint density at radius 2 is 2.04 bits per heavy atom. The maximum Gasteiger partial charge on any atom is 0.277 e. The predicted octanol–water partition coefficient (Wildman–Crippen LogP) is 4.50. The molecular weight excluding hydrogens is 358 g/mol. The molecule has 0 radical (unpaired) electrons. The number of fused-ring (bicyclic) bond motifs is 1. The number of thioether (sulfide) groups is 1. The normalized spacial score (nSPS) is 17.0. The average Bonchev–Trinajstić information content (AvgIpc) is 3.24. The molecular formula is C21H21N3O2S. The molecule has 27 heavy (non-hydrogen) atoms. The van der Waals surface area contributed by atoms with E-state index in [-0.39, 0.29) is 17.2 Å². The second-order valence-electron chi connectivity index (χ2n) is 6.89. The van der Waals surface area contributed by atoms with Crippen LogP contribution in [0.15, 0.2) is 58.2 Å². The van der Waals surface area contributed by atoms with Crippen LogP contribution in [-0.4, -0.2) is 27.4 Å². The van der Waals surface area contributed by atoms with Crippen molar-refractivity contribution in [2.24, 2.45) is 0 Å². The minimum absolute atomic E-state index is 0.0627. The van der Waals surface area contributed by atoms with E-state index in [0.717, 1.165) is 23.2 Å².